The van der Waals surface area contributed by atoms with E-state index < -0.39 is 0 Å². The zero-order valence-electron chi connectivity index (χ0n) is 10.8. The molecule has 0 amide bonds. The number of aliphatic hydroxyl groups is 1. The third-order valence-electron chi connectivity index (χ3n) is 4.05. The first-order chi connectivity index (χ1) is 8.20. The second kappa shape index (κ2) is 5.65. The van der Waals surface area contributed by atoms with Gasteiger partial charge in [0.15, 0.2) is 0 Å². The van der Waals surface area contributed by atoms with Gasteiger partial charge in [-0.1, -0.05) is 13.8 Å². The molecule has 0 aliphatic heterocycles. The fourth-order valence-electron chi connectivity index (χ4n) is 2.62. The summed E-state index contributed by atoms with van der Waals surface area (Å²) in [6, 6.07) is 0.645. The average molecular weight is 237 g/mol. The van der Waals surface area contributed by atoms with E-state index in [9.17, 15) is 0 Å². The van der Waals surface area contributed by atoms with Gasteiger partial charge in [0.2, 0.25) is 0 Å². The van der Waals surface area contributed by atoms with Gasteiger partial charge in [0, 0.05) is 24.3 Å². The van der Waals surface area contributed by atoms with Crippen molar-refractivity contribution in [3.63, 3.8) is 0 Å². The topological polar surface area (TPSA) is 50.1 Å². The first-order valence-corrected chi connectivity index (χ1v) is 6.56. The number of nitrogens with one attached hydrogen (secondary N) is 1. The molecule has 17 heavy (non-hydrogen) atoms. The van der Waals surface area contributed by atoms with Crippen LogP contribution < -0.4 is 5.32 Å². The summed E-state index contributed by atoms with van der Waals surface area (Å²) in [5.74, 6) is 1.60. The molecule has 1 aromatic rings. The number of aromatic nitrogens is 2. The molecule has 4 heteroatoms. The van der Waals surface area contributed by atoms with Gasteiger partial charge in [-0.15, -0.1) is 0 Å². The van der Waals surface area contributed by atoms with Crippen molar-refractivity contribution in [1.82, 2.24) is 15.1 Å². The molecule has 2 N–H and O–H groups in total. The van der Waals surface area contributed by atoms with Crippen molar-refractivity contribution in [2.45, 2.75) is 45.8 Å². The van der Waals surface area contributed by atoms with Crippen LogP contribution in [0.5, 0.6) is 0 Å². The maximum Gasteiger partial charge on any atom is 0.0640 e. The SMILES string of the molecule is CC1CCC(NCc2cnn(CCO)c2)C1C. The van der Waals surface area contributed by atoms with Gasteiger partial charge >= 0.3 is 0 Å². The molecule has 1 saturated carbocycles. The predicted molar refractivity (Wildman–Crippen MR) is 67.5 cm³/mol. The first kappa shape index (κ1) is 12.6. The van der Waals surface area contributed by atoms with Crippen LogP contribution in [0.4, 0.5) is 0 Å². The highest BCUT2D eigenvalue weighted by Gasteiger charge is 2.28. The van der Waals surface area contributed by atoms with Crippen molar-refractivity contribution >= 4 is 0 Å². The molecule has 0 saturated heterocycles. The Kier molecular flexibility index (Phi) is 4.18. The number of hydrogen-bond donors (Lipinski definition) is 2. The van der Waals surface area contributed by atoms with E-state index in [0.29, 0.717) is 12.6 Å². The Morgan fingerprint density at radius 2 is 2.29 bits per heavy atom. The van der Waals surface area contributed by atoms with E-state index in [1.807, 2.05) is 12.4 Å². The van der Waals surface area contributed by atoms with Crippen LogP contribution in [0.1, 0.15) is 32.3 Å². The molecule has 96 valence electrons. The monoisotopic (exact) mass is 237 g/mol. The normalized spacial score (nSPS) is 28.8. The van der Waals surface area contributed by atoms with E-state index in [-0.39, 0.29) is 6.61 Å². The third-order valence-corrected chi connectivity index (χ3v) is 4.05. The molecule has 0 spiro atoms. The quantitative estimate of drug-likeness (QED) is 0.814. The molecule has 1 aliphatic carbocycles. The third kappa shape index (κ3) is 3.07. The van der Waals surface area contributed by atoms with E-state index in [2.05, 4.69) is 24.3 Å². The van der Waals surface area contributed by atoms with Crippen molar-refractivity contribution in [1.29, 1.82) is 0 Å². The van der Waals surface area contributed by atoms with Crippen molar-refractivity contribution in [3.8, 4) is 0 Å². The molecule has 3 atom stereocenters. The van der Waals surface area contributed by atoms with E-state index in [1.165, 1.54) is 18.4 Å². The molecule has 1 heterocycles. The van der Waals surface area contributed by atoms with E-state index >= 15 is 0 Å². The molecule has 0 bridgehead atoms. The summed E-state index contributed by atoms with van der Waals surface area (Å²) < 4.78 is 1.79. The van der Waals surface area contributed by atoms with Crippen molar-refractivity contribution in [3.05, 3.63) is 18.0 Å². The lowest BCUT2D eigenvalue weighted by atomic mass is 9.98. The van der Waals surface area contributed by atoms with Gasteiger partial charge in [-0.3, -0.25) is 4.68 Å². The minimum Gasteiger partial charge on any atom is -0.394 e. The van der Waals surface area contributed by atoms with Crippen LogP contribution in [0.2, 0.25) is 0 Å². The first-order valence-electron chi connectivity index (χ1n) is 6.56. The number of nitrogens with zero attached hydrogens (tertiary/aromatic N) is 2. The predicted octanol–water partition coefficient (Wildman–Crippen LogP) is 1.40. The van der Waals surface area contributed by atoms with E-state index in [1.54, 1.807) is 4.68 Å². The van der Waals surface area contributed by atoms with Crippen LogP contribution >= 0.6 is 0 Å². The average Bonchev–Trinajstić information content (AvgIpc) is 2.87. The van der Waals surface area contributed by atoms with Gasteiger partial charge in [0.25, 0.3) is 0 Å². The lowest BCUT2D eigenvalue weighted by Crippen LogP contribution is -2.31. The molecule has 1 fully saturated rings. The Labute approximate surface area is 103 Å². The zero-order chi connectivity index (χ0) is 12.3. The van der Waals surface area contributed by atoms with Gasteiger partial charge in [-0.2, -0.15) is 5.10 Å². The van der Waals surface area contributed by atoms with E-state index in [4.69, 9.17) is 5.11 Å². The van der Waals surface area contributed by atoms with Gasteiger partial charge in [-0.05, 0) is 24.7 Å². The van der Waals surface area contributed by atoms with Crippen LogP contribution in [0, 0.1) is 11.8 Å². The zero-order valence-corrected chi connectivity index (χ0v) is 10.8. The van der Waals surface area contributed by atoms with Crippen LogP contribution in [0.3, 0.4) is 0 Å². The molecule has 0 aromatic carbocycles. The Morgan fingerprint density at radius 1 is 1.47 bits per heavy atom. The summed E-state index contributed by atoms with van der Waals surface area (Å²) >= 11 is 0. The minimum atomic E-state index is 0.145. The number of aliphatic hydroxyl groups excluding tert-OH is 1. The second-order valence-corrected chi connectivity index (χ2v) is 5.24. The lowest BCUT2D eigenvalue weighted by Gasteiger charge is -2.19. The minimum absolute atomic E-state index is 0.145. The summed E-state index contributed by atoms with van der Waals surface area (Å²) in [6.45, 7) is 6.28. The van der Waals surface area contributed by atoms with Gasteiger partial charge < -0.3 is 10.4 Å². The van der Waals surface area contributed by atoms with Gasteiger partial charge in [0.1, 0.15) is 0 Å². The fourth-order valence-corrected chi connectivity index (χ4v) is 2.62. The highest BCUT2D eigenvalue weighted by Crippen LogP contribution is 2.31. The van der Waals surface area contributed by atoms with Crippen LogP contribution in [-0.4, -0.2) is 27.5 Å². The van der Waals surface area contributed by atoms with E-state index in [0.717, 1.165) is 18.4 Å². The smallest absolute Gasteiger partial charge is 0.0640 e. The summed E-state index contributed by atoms with van der Waals surface area (Å²) in [5, 5.41) is 16.6. The van der Waals surface area contributed by atoms with Crippen LogP contribution in [-0.2, 0) is 13.1 Å². The standard InChI is InChI=1S/C13H23N3O/c1-10-3-4-13(11(10)2)14-7-12-8-15-16(9-12)5-6-17/h8-11,13-14,17H,3-7H2,1-2H3. The highest BCUT2D eigenvalue weighted by molar-refractivity contribution is 5.04. The van der Waals surface area contributed by atoms with Gasteiger partial charge in [-0.25, -0.2) is 0 Å². The molecule has 3 unspecified atom stereocenters. The molecule has 0 radical (unpaired) electrons. The Morgan fingerprint density at radius 3 is 2.94 bits per heavy atom. The maximum absolute atomic E-state index is 8.82. The Hall–Kier alpha value is -0.870. The summed E-state index contributed by atoms with van der Waals surface area (Å²) in [7, 11) is 0. The largest absolute Gasteiger partial charge is 0.394 e. The highest BCUT2D eigenvalue weighted by atomic mass is 16.3. The maximum atomic E-state index is 8.82. The molecule has 4 nitrogen and oxygen atoms in total. The lowest BCUT2D eigenvalue weighted by molar-refractivity contribution is 0.269. The molecule has 1 aromatic heterocycles. The Bertz CT molecular complexity index is 350. The molecular formula is C13H23N3O. The molecule has 2 rings (SSSR count). The van der Waals surface area contributed by atoms with Crippen molar-refractivity contribution in [2.24, 2.45) is 11.8 Å². The van der Waals surface area contributed by atoms with Crippen LogP contribution in [0.15, 0.2) is 12.4 Å². The van der Waals surface area contributed by atoms with Gasteiger partial charge in [0.05, 0.1) is 19.3 Å². The second-order valence-electron chi connectivity index (χ2n) is 5.24. The summed E-state index contributed by atoms with van der Waals surface area (Å²) in [5.41, 5.74) is 1.20. The Balaban J connectivity index is 1.81. The van der Waals surface area contributed by atoms with Crippen molar-refractivity contribution < 1.29 is 5.11 Å². The molecule has 1 aliphatic rings. The fraction of sp³-hybridized carbons (Fsp3) is 0.769. The van der Waals surface area contributed by atoms with Crippen LogP contribution in [0.25, 0.3) is 0 Å². The van der Waals surface area contributed by atoms with Crippen molar-refractivity contribution in [2.75, 3.05) is 6.61 Å². The molecular weight excluding hydrogens is 214 g/mol. The summed E-state index contributed by atoms with van der Waals surface area (Å²) in [6.07, 6.45) is 6.51. The number of hydrogen-bond acceptors (Lipinski definition) is 3. The summed E-state index contributed by atoms with van der Waals surface area (Å²) in [4.78, 5) is 0. The number of rotatable bonds is 5.